The molecule has 1 aromatic carbocycles. The van der Waals surface area contributed by atoms with Crippen LogP contribution in [0.5, 0.6) is 0 Å². The fourth-order valence-corrected chi connectivity index (χ4v) is 4.01. The lowest BCUT2D eigenvalue weighted by atomic mass is 10.1. The number of aliphatic hydroxyl groups is 2. The van der Waals surface area contributed by atoms with E-state index in [0.29, 0.717) is 35.3 Å². The Balaban J connectivity index is 1.83. The van der Waals surface area contributed by atoms with Crippen molar-refractivity contribution in [3.05, 3.63) is 52.1 Å². The summed E-state index contributed by atoms with van der Waals surface area (Å²) in [7, 11) is 1.58. The van der Waals surface area contributed by atoms with Crippen LogP contribution in [0.4, 0.5) is 10.1 Å². The lowest BCUT2D eigenvalue weighted by Crippen LogP contribution is -2.45. The molecule has 3 rings (SSSR count). The van der Waals surface area contributed by atoms with Crippen LogP contribution in [0, 0.1) is 26.6 Å². The molecular weight excluding hydrogens is 405 g/mol. The molecule has 0 radical (unpaired) electrons. The fourth-order valence-electron chi connectivity index (χ4n) is 4.01. The second-order valence-corrected chi connectivity index (χ2v) is 7.96. The molecule has 1 aromatic heterocycles. The van der Waals surface area contributed by atoms with Crippen LogP contribution >= 0.6 is 0 Å². The quantitative estimate of drug-likeness (QED) is 0.423. The average Bonchev–Trinajstić information content (AvgIpc) is 3.14. The Kier molecular flexibility index (Phi) is 6.28. The van der Waals surface area contributed by atoms with Crippen LogP contribution in [0.1, 0.15) is 50.5 Å². The molecule has 0 spiro atoms. The summed E-state index contributed by atoms with van der Waals surface area (Å²) >= 11 is 0. The van der Waals surface area contributed by atoms with Crippen molar-refractivity contribution in [2.75, 3.05) is 5.32 Å². The van der Waals surface area contributed by atoms with Gasteiger partial charge >= 0.3 is 0 Å². The van der Waals surface area contributed by atoms with Crippen molar-refractivity contribution in [1.29, 1.82) is 0 Å². The summed E-state index contributed by atoms with van der Waals surface area (Å²) in [5.41, 5.74) is 1.92. The average molecular weight is 431 g/mol. The van der Waals surface area contributed by atoms with E-state index >= 15 is 0 Å². The minimum atomic E-state index is -1.13. The molecule has 2 amide bonds. The molecule has 1 aliphatic rings. The molecule has 1 heterocycles. The molecule has 1 aliphatic carbocycles. The van der Waals surface area contributed by atoms with Crippen LogP contribution < -0.4 is 10.6 Å². The molecule has 1 fully saturated rings. The molecule has 3 atom stereocenters. The summed E-state index contributed by atoms with van der Waals surface area (Å²) in [6, 6.07) is 3.48. The summed E-state index contributed by atoms with van der Waals surface area (Å²) in [4.78, 5) is 38.2. The van der Waals surface area contributed by atoms with E-state index in [0.717, 1.165) is 0 Å². The molecule has 9 heteroatoms. The van der Waals surface area contributed by atoms with Crippen molar-refractivity contribution in [3.63, 3.8) is 0 Å². The van der Waals surface area contributed by atoms with Crippen molar-refractivity contribution >= 4 is 23.3 Å². The summed E-state index contributed by atoms with van der Waals surface area (Å²) < 4.78 is 15.0. The first-order valence-corrected chi connectivity index (χ1v) is 9.97. The smallest absolute Gasteiger partial charge is 0.294 e. The Labute approximate surface area is 179 Å². The molecule has 0 aliphatic heterocycles. The Morgan fingerprint density at radius 2 is 1.81 bits per heavy atom. The van der Waals surface area contributed by atoms with Crippen molar-refractivity contribution in [2.24, 2.45) is 7.05 Å². The highest BCUT2D eigenvalue weighted by molar-refractivity contribution is 6.43. The van der Waals surface area contributed by atoms with E-state index in [1.165, 1.54) is 22.8 Å². The standard InChI is InChI=1S/C22H26FN3O5/c1-10-9-13(5-6-14(10)23)24-21(30)17-11(2)18(26(4)12(17)3)20(29)22(31)25-15-7-8-16(27)19(15)28/h5-6,9,15-16,19,27-28H,7-8H2,1-4H3,(H,24,30)(H,25,31)/t15-,16+,19+/m1/s1. The molecule has 31 heavy (non-hydrogen) atoms. The molecular formula is C22H26FN3O5. The van der Waals surface area contributed by atoms with Crippen molar-refractivity contribution in [3.8, 4) is 0 Å². The van der Waals surface area contributed by atoms with Crippen LogP contribution in [-0.4, -0.2) is 50.6 Å². The number of aromatic nitrogens is 1. The van der Waals surface area contributed by atoms with Gasteiger partial charge in [0.15, 0.2) is 0 Å². The Morgan fingerprint density at radius 1 is 1.13 bits per heavy atom. The van der Waals surface area contributed by atoms with E-state index in [1.54, 1.807) is 27.8 Å². The lowest BCUT2D eigenvalue weighted by Gasteiger charge is -2.17. The number of nitrogens with one attached hydrogen (secondary N) is 2. The summed E-state index contributed by atoms with van der Waals surface area (Å²) in [5.74, 6) is -2.62. The van der Waals surface area contributed by atoms with E-state index in [1.807, 2.05) is 0 Å². The van der Waals surface area contributed by atoms with Crippen LogP contribution in [0.15, 0.2) is 18.2 Å². The van der Waals surface area contributed by atoms with E-state index in [2.05, 4.69) is 10.6 Å². The van der Waals surface area contributed by atoms with Gasteiger partial charge in [-0.1, -0.05) is 0 Å². The number of nitrogens with zero attached hydrogens (tertiary/aromatic N) is 1. The maximum Gasteiger partial charge on any atom is 0.294 e. The summed E-state index contributed by atoms with van der Waals surface area (Å²) in [6.07, 6.45) is -1.38. The van der Waals surface area contributed by atoms with Crippen molar-refractivity contribution in [1.82, 2.24) is 9.88 Å². The first kappa shape index (κ1) is 22.6. The van der Waals surface area contributed by atoms with Crippen LogP contribution in [0.2, 0.25) is 0 Å². The van der Waals surface area contributed by atoms with Crippen LogP contribution in [0.25, 0.3) is 0 Å². The number of aryl methyl sites for hydroxylation is 1. The Morgan fingerprint density at radius 3 is 2.39 bits per heavy atom. The highest BCUT2D eigenvalue weighted by Crippen LogP contribution is 2.25. The number of halogens is 1. The number of rotatable bonds is 5. The van der Waals surface area contributed by atoms with Gasteiger partial charge in [0, 0.05) is 18.4 Å². The van der Waals surface area contributed by atoms with Gasteiger partial charge in [0.1, 0.15) is 11.9 Å². The molecule has 4 N–H and O–H groups in total. The van der Waals surface area contributed by atoms with E-state index < -0.39 is 35.8 Å². The van der Waals surface area contributed by atoms with E-state index in [-0.39, 0.29) is 17.1 Å². The number of carbonyl (C=O) groups excluding carboxylic acids is 3. The zero-order valence-corrected chi connectivity index (χ0v) is 17.8. The number of hydrogen-bond acceptors (Lipinski definition) is 5. The number of ketones is 1. The summed E-state index contributed by atoms with van der Waals surface area (Å²) in [6.45, 7) is 4.82. The molecule has 0 bridgehead atoms. The maximum atomic E-state index is 13.5. The van der Waals surface area contributed by atoms with Gasteiger partial charge in [0.2, 0.25) is 0 Å². The normalized spacial score (nSPS) is 20.5. The van der Waals surface area contributed by atoms with Crippen LogP contribution in [0.3, 0.4) is 0 Å². The zero-order chi connectivity index (χ0) is 23.0. The number of amides is 2. The van der Waals surface area contributed by atoms with Crippen LogP contribution in [-0.2, 0) is 11.8 Å². The monoisotopic (exact) mass is 431 g/mol. The predicted molar refractivity (Wildman–Crippen MR) is 111 cm³/mol. The highest BCUT2D eigenvalue weighted by Gasteiger charge is 2.36. The van der Waals surface area contributed by atoms with E-state index in [9.17, 15) is 29.0 Å². The van der Waals surface area contributed by atoms with Gasteiger partial charge in [0.25, 0.3) is 17.6 Å². The molecule has 8 nitrogen and oxygen atoms in total. The molecule has 2 aromatic rings. The maximum absolute atomic E-state index is 13.5. The number of aliphatic hydroxyl groups excluding tert-OH is 2. The zero-order valence-electron chi connectivity index (χ0n) is 17.8. The van der Waals surface area contributed by atoms with Gasteiger partial charge in [-0.05, 0) is 62.9 Å². The Bertz CT molecular complexity index is 1060. The number of Topliss-reactive ketones (excluding diaryl/α,β-unsaturated/α-hetero) is 1. The third-order valence-electron chi connectivity index (χ3n) is 5.89. The minimum Gasteiger partial charge on any atom is -0.390 e. The second-order valence-electron chi connectivity index (χ2n) is 7.96. The van der Waals surface area contributed by atoms with Gasteiger partial charge in [-0.3, -0.25) is 14.4 Å². The SMILES string of the molecule is Cc1cc(NC(=O)c2c(C)c(C(=O)C(=O)N[C@@H]3CC[C@H](O)[C@H]3O)n(C)c2C)ccc1F. The van der Waals surface area contributed by atoms with Crippen molar-refractivity contribution < 1.29 is 29.0 Å². The third-order valence-corrected chi connectivity index (χ3v) is 5.89. The van der Waals surface area contributed by atoms with Gasteiger partial charge in [-0.25, -0.2) is 4.39 Å². The molecule has 1 saturated carbocycles. The lowest BCUT2D eigenvalue weighted by molar-refractivity contribution is -0.118. The fraction of sp³-hybridized carbons (Fsp3) is 0.409. The number of benzene rings is 1. The van der Waals surface area contributed by atoms with Crippen molar-refractivity contribution in [2.45, 2.75) is 51.9 Å². The van der Waals surface area contributed by atoms with Gasteiger partial charge in [0.05, 0.1) is 23.4 Å². The summed E-state index contributed by atoms with van der Waals surface area (Å²) in [5, 5.41) is 24.7. The third kappa shape index (κ3) is 4.24. The number of anilines is 1. The predicted octanol–water partition coefficient (Wildman–Crippen LogP) is 1.52. The van der Waals surface area contributed by atoms with Gasteiger partial charge in [-0.15, -0.1) is 0 Å². The number of carbonyl (C=O) groups is 3. The molecule has 0 saturated heterocycles. The minimum absolute atomic E-state index is 0.0588. The molecule has 0 unspecified atom stereocenters. The second kappa shape index (κ2) is 8.60. The topological polar surface area (TPSA) is 121 Å². The first-order chi connectivity index (χ1) is 14.5. The molecule has 166 valence electrons. The Hall–Kier alpha value is -3.04. The van der Waals surface area contributed by atoms with Gasteiger partial charge < -0.3 is 25.4 Å². The first-order valence-electron chi connectivity index (χ1n) is 9.97. The number of hydrogen-bond donors (Lipinski definition) is 4. The van der Waals surface area contributed by atoms with Gasteiger partial charge in [-0.2, -0.15) is 0 Å². The highest BCUT2D eigenvalue weighted by atomic mass is 19.1. The largest absolute Gasteiger partial charge is 0.390 e. The van der Waals surface area contributed by atoms with E-state index in [4.69, 9.17) is 0 Å².